The van der Waals surface area contributed by atoms with E-state index in [1.54, 1.807) is 30.3 Å². The van der Waals surface area contributed by atoms with Gasteiger partial charge in [0.2, 0.25) is 0 Å². The van der Waals surface area contributed by atoms with Gasteiger partial charge in [-0.05, 0) is 42.3 Å². The SMILES string of the molecule is CCCOc1ccc(C(CC(=O)[O-])NC(=O)c2cc(Cl)ccc2Cl)cc1. The summed E-state index contributed by atoms with van der Waals surface area (Å²) in [4.78, 5) is 23.6. The first-order valence-corrected chi connectivity index (χ1v) is 8.84. The average molecular weight is 395 g/mol. The Hall–Kier alpha value is -2.24. The summed E-state index contributed by atoms with van der Waals surface area (Å²) in [5.74, 6) is -1.12. The highest BCUT2D eigenvalue weighted by Crippen LogP contribution is 2.24. The lowest BCUT2D eigenvalue weighted by Gasteiger charge is -2.20. The summed E-state index contributed by atoms with van der Waals surface area (Å²) in [6.45, 7) is 2.59. The molecule has 2 aromatic carbocycles. The first-order valence-electron chi connectivity index (χ1n) is 8.09. The molecule has 0 spiro atoms. The molecule has 0 aromatic heterocycles. The third-order valence-corrected chi connectivity index (χ3v) is 4.17. The van der Waals surface area contributed by atoms with Gasteiger partial charge in [-0.2, -0.15) is 0 Å². The van der Waals surface area contributed by atoms with Crippen molar-refractivity contribution in [3.63, 3.8) is 0 Å². The minimum absolute atomic E-state index is 0.172. The van der Waals surface area contributed by atoms with Crippen LogP contribution in [0.5, 0.6) is 5.75 Å². The number of hydrogen-bond acceptors (Lipinski definition) is 4. The molecule has 0 aliphatic rings. The lowest BCUT2D eigenvalue weighted by molar-refractivity contribution is -0.306. The maximum atomic E-state index is 12.5. The number of halogens is 2. The summed E-state index contributed by atoms with van der Waals surface area (Å²) >= 11 is 11.9. The van der Waals surface area contributed by atoms with Gasteiger partial charge in [-0.3, -0.25) is 4.79 Å². The zero-order valence-electron chi connectivity index (χ0n) is 14.1. The largest absolute Gasteiger partial charge is 0.550 e. The summed E-state index contributed by atoms with van der Waals surface area (Å²) in [6, 6.07) is 10.6. The van der Waals surface area contributed by atoms with E-state index in [1.165, 1.54) is 12.1 Å². The maximum absolute atomic E-state index is 12.5. The van der Waals surface area contributed by atoms with Crippen LogP contribution in [0, 0.1) is 0 Å². The molecule has 26 heavy (non-hydrogen) atoms. The van der Waals surface area contributed by atoms with Gasteiger partial charge >= 0.3 is 0 Å². The van der Waals surface area contributed by atoms with Crippen LogP contribution in [0.15, 0.2) is 42.5 Å². The molecule has 0 heterocycles. The maximum Gasteiger partial charge on any atom is 0.253 e. The van der Waals surface area contributed by atoms with Crippen LogP contribution in [0.2, 0.25) is 10.0 Å². The van der Waals surface area contributed by atoms with Gasteiger partial charge in [0, 0.05) is 17.4 Å². The van der Waals surface area contributed by atoms with E-state index in [0.29, 0.717) is 22.9 Å². The predicted octanol–water partition coefficient (Wildman–Crippen LogP) is 3.39. The monoisotopic (exact) mass is 394 g/mol. The molecule has 0 bridgehead atoms. The topological polar surface area (TPSA) is 78.5 Å². The Morgan fingerprint density at radius 1 is 1.15 bits per heavy atom. The van der Waals surface area contributed by atoms with Crippen molar-refractivity contribution in [2.24, 2.45) is 0 Å². The number of carbonyl (C=O) groups is 2. The van der Waals surface area contributed by atoms with E-state index in [9.17, 15) is 14.7 Å². The van der Waals surface area contributed by atoms with E-state index < -0.39 is 17.9 Å². The van der Waals surface area contributed by atoms with Gasteiger partial charge in [0.15, 0.2) is 0 Å². The molecular formula is C19H18Cl2NO4-. The molecule has 2 rings (SSSR count). The van der Waals surface area contributed by atoms with Crippen LogP contribution in [-0.2, 0) is 4.79 Å². The van der Waals surface area contributed by atoms with Crippen molar-refractivity contribution in [2.75, 3.05) is 6.61 Å². The highest BCUT2D eigenvalue weighted by atomic mass is 35.5. The van der Waals surface area contributed by atoms with Gasteiger partial charge in [-0.25, -0.2) is 0 Å². The van der Waals surface area contributed by atoms with E-state index >= 15 is 0 Å². The van der Waals surface area contributed by atoms with E-state index in [1.807, 2.05) is 6.92 Å². The quantitative estimate of drug-likeness (QED) is 0.743. The fourth-order valence-corrected chi connectivity index (χ4v) is 2.72. The molecule has 2 aromatic rings. The van der Waals surface area contributed by atoms with Crippen molar-refractivity contribution >= 4 is 35.1 Å². The normalized spacial score (nSPS) is 11.7. The molecular weight excluding hydrogens is 377 g/mol. The van der Waals surface area contributed by atoms with Crippen LogP contribution < -0.4 is 15.2 Å². The number of rotatable bonds is 8. The Kier molecular flexibility index (Phi) is 7.30. The Morgan fingerprint density at radius 3 is 2.46 bits per heavy atom. The first kappa shape index (κ1) is 20.1. The zero-order valence-corrected chi connectivity index (χ0v) is 15.6. The molecule has 0 aliphatic heterocycles. The standard InChI is InChI=1S/C19H19Cl2NO4/c1-2-9-26-14-6-3-12(4-7-14)17(11-18(23)24)22-19(25)15-10-13(20)5-8-16(15)21/h3-8,10,17H,2,9,11H2,1H3,(H,22,25)(H,23,24)/p-1. The Bertz CT molecular complexity index is 778. The number of aliphatic carboxylic acids is 1. The number of carbonyl (C=O) groups excluding carboxylic acids is 2. The number of hydrogen-bond donors (Lipinski definition) is 1. The smallest absolute Gasteiger partial charge is 0.253 e. The second-order valence-electron chi connectivity index (χ2n) is 5.64. The summed E-state index contributed by atoms with van der Waals surface area (Å²) in [6.07, 6.45) is 0.505. The van der Waals surface area contributed by atoms with Gasteiger partial charge in [0.1, 0.15) is 5.75 Å². The fraction of sp³-hybridized carbons (Fsp3) is 0.263. The molecule has 0 aliphatic carbocycles. The summed E-state index contributed by atoms with van der Waals surface area (Å²) in [5.41, 5.74) is 0.787. The van der Waals surface area contributed by atoms with Crippen LogP contribution in [0.25, 0.3) is 0 Å². The third kappa shape index (κ3) is 5.64. The molecule has 138 valence electrons. The molecule has 7 heteroatoms. The van der Waals surface area contributed by atoms with Crippen molar-refractivity contribution in [2.45, 2.75) is 25.8 Å². The summed E-state index contributed by atoms with van der Waals surface area (Å²) in [5, 5.41) is 14.3. The van der Waals surface area contributed by atoms with Crippen LogP contribution in [0.3, 0.4) is 0 Å². The van der Waals surface area contributed by atoms with E-state index in [0.717, 1.165) is 6.42 Å². The van der Waals surface area contributed by atoms with E-state index in [4.69, 9.17) is 27.9 Å². The van der Waals surface area contributed by atoms with Gasteiger partial charge in [0.05, 0.1) is 23.2 Å². The van der Waals surface area contributed by atoms with Crippen molar-refractivity contribution in [3.8, 4) is 5.75 Å². The van der Waals surface area contributed by atoms with Crippen LogP contribution in [0.1, 0.15) is 41.7 Å². The second-order valence-corrected chi connectivity index (χ2v) is 6.49. The highest BCUT2D eigenvalue weighted by Gasteiger charge is 2.18. The first-order chi connectivity index (χ1) is 12.4. The lowest BCUT2D eigenvalue weighted by Crippen LogP contribution is -2.34. The molecule has 1 amide bonds. The number of amides is 1. The Morgan fingerprint density at radius 2 is 1.85 bits per heavy atom. The zero-order chi connectivity index (χ0) is 19.1. The van der Waals surface area contributed by atoms with Crippen LogP contribution in [0.4, 0.5) is 0 Å². The third-order valence-electron chi connectivity index (χ3n) is 3.60. The van der Waals surface area contributed by atoms with Crippen molar-refractivity contribution in [1.29, 1.82) is 0 Å². The van der Waals surface area contributed by atoms with Gasteiger partial charge in [-0.15, -0.1) is 0 Å². The minimum Gasteiger partial charge on any atom is -0.550 e. The van der Waals surface area contributed by atoms with Crippen molar-refractivity contribution in [1.82, 2.24) is 5.32 Å². The number of carboxylic acids is 1. The lowest BCUT2D eigenvalue weighted by atomic mass is 10.0. The van der Waals surface area contributed by atoms with Gasteiger partial charge < -0.3 is 20.0 Å². The molecule has 1 atom stereocenters. The number of nitrogens with one attached hydrogen (secondary N) is 1. The molecule has 0 saturated carbocycles. The highest BCUT2D eigenvalue weighted by molar-refractivity contribution is 6.35. The summed E-state index contributed by atoms with van der Waals surface area (Å²) in [7, 11) is 0. The van der Waals surface area contributed by atoms with Crippen LogP contribution in [-0.4, -0.2) is 18.5 Å². The molecule has 1 unspecified atom stereocenters. The van der Waals surface area contributed by atoms with Gasteiger partial charge in [-0.1, -0.05) is 42.3 Å². The second kappa shape index (κ2) is 9.46. The fourth-order valence-electron chi connectivity index (χ4n) is 2.34. The Balaban J connectivity index is 2.20. The van der Waals surface area contributed by atoms with Crippen molar-refractivity contribution in [3.05, 3.63) is 63.6 Å². The molecule has 0 saturated heterocycles. The molecule has 1 N–H and O–H groups in total. The predicted molar refractivity (Wildman–Crippen MR) is 98.5 cm³/mol. The molecule has 0 fully saturated rings. The summed E-state index contributed by atoms with van der Waals surface area (Å²) < 4.78 is 5.50. The minimum atomic E-state index is -1.28. The van der Waals surface area contributed by atoms with E-state index in [-0.39, 0.29) is 17.0 Å². The number of benzene rings is 2. The van der Waals surface area contributed by atoms with Crippen LogP contribution >= 0.6 is 23.2 Å². The molecule has 0 radical (unpaired) electrons. The van der Waals surface area contributed by atoms with Crippen molar-refractivity contribution < 1.29 is 19.4 Å². The Labute approximate surface area is 161 Å². The number of ether oxygens (including phenoxy) is 1. The number of carboxylic acid groups (broad SMARTS) is 1. The van der Waals surface area contributed by atoms with E-state index in [2.05, 4.69) is 5.32 Å². The molecule has 5 nitrogen and oxygen atoms in total. The average Bonchev–Trinajstić information content (AvgIpc) is 2.61. The van der Waals surface area contributed by atoms with Gasteiger partial charge in [0.25, 0.3) is 5.91 Å².